The molecule has 2 atom stereocenters. The summed E-state index contributed by atoms with van der Waals surface area (Å²) in [5.74, 6) is -0.496. The summed E-state index contributed by atoms with van der Waals surface area (Å²) in [5.41, 5.74) is 1.28. The molecule has 1 rings (SSSR count). The van der Waals surface area contributed by atoms with Crippen LogP contribution in [-0.4, -0.2) is 47.5 Å². The van der Waals surface area contributed by atoms with Gasteiger partial charge >= 0.3 is 6.09 Å². The number of carbonyl (C=O) groups excluding carboxylic acids is 3. The van der Waals surface area contributed by atoms with Crippen LogP contribution < -0.4 is 10.6 Å². The van der Waals surface area contributed by atoms with E-state index in [9.17, 15) is 14.4 Å². The average molecular weight is 518 g/mol. The zero-order chi connectivity index (χ0) is 27.8. The van der Waals surface area contributed by atoms with E-state index in [1.165, 1.54) is 24.8 Å². The molecule has 0 aromatic heterocycles. The number of rotatable bonds is 16. The van der Waals surface area contributed by atoms with Crippen molar-refractivity contribution >= 4 is 17.9 Å². The molecule has 0 saturated heterocycles. The Morgan fingerprint density at radius 1 is 0.919 bits per heavy atom. The molecule has 37 heavy (non-hydrogen) atoms. The minimum absolute atomic E-state index is 0.000740. The van der Waals surface area contributed by atoms with Crippen molar-refractivity contribution < 1.29 is 19.1 Å². The van der Waals surface area contributed by atoms with E-state index >= 15 is 0 Å². The van der Waals surface area contributed by atoms with Crippen LogP contribution in [0.1, 0.15) is 117 Å². The van der Waals surface area contributed by atoms with E-state index in [0.717, 1.165) is 44.1 Å². The molecular formula is C30H51N3O4. The zero-order valence-electron chi connectivity index (χ0n) is 24.3. The minimum atomic E-state index is -0.770. The Balaban J connectivity index is 3.19. The average Bonchev–Trinajstić information content (AvgIpc) is 2.83. The van der Waals surface area contributed by atoms with Crippen molar-refractivity contribution in [2.45, 2.75) is 124 Å². The van der Waals surface area contributed by atoms with Gasteiger partial charge in [-0.15, -0.1) is 0 Å². The van der Waals surface area contributed by atoms with E-state index in [2.05, 4.69) is 31.4 Å². The molecule has 1 aromatic carbocycles. The van der Waals surface area contributed by atoms with Crippen molar-refractivity contribution in [3.05, 3.63) is 35.4 Å². The molecule has 210 valence electrons. The third kappa shape index (κ3) is 13.0. The molecule has 3 amide bonds. The molecule has 0 bridgehead atoms. The molecule has 7 heteroatoms. The summed E-state index contributed by atoms with van der Waals surface area (Å²) in [5, 5.41) is 5.69. The summed E-state index contributed by atoms with van der Waals surface area (Å²) in [6.07, 6.45) is 8.48. The molecule has 1 aromatic rings. The summed E-state index contributed by atoms with van der Waals surface area (Å²) >= 11 is 0. The number of nitrogens with zero attached hydrogens (tertiary/aromatic N) is 1. The van der Waals surface area contributed by atoms with Crippen molar-refractivity contribution in [3.8, 4) is 0 Å². The van der Waals surface area contributed by atoms with Gasteiger partial charge in [-0.05, 0) is 58.1 Å². The van der Waals surface area contributed by atoms with E-state index in [-0.39, 0.29) is 24.4 Å². The van der Waals surface area contributed by atoms with Crippen LogP contribution in [0.4, 0.5) is 4.79 Å². The predicted molar refractivity (Wildman–Crippen MR) is 150 cm³/mol. The van der Waals surface area contributed by atoms with Crippen LogP contribution in [0.2, 0.25) is 0 Å². The Hall–Kier alpha value is -2.57. The predicted octanol–water partition coefficient (Wildman–Crippen LogP) is 6.31. The van der Waals surface area contributed by atoms with E-state index in [1.54, 1.807) is 25.7 Å². The topological polar surface area (TPSA) is 87.7 Å². The van der Waals surface area contributed by atoms with Crippen LogP contribution >= 0.6 is 0 Å². The van der Waals surface area contributed by atoms with Gasteiger partial charge in [-0.2, -0.15) is 0 Å². The van der Waals surface area contributed by atoms with Gasteiger partial charge < -0.3 is 20.3 Å². The molecule has 0 spiro atoms. The monoisotopic (exact) mass is 517 g/mol. The lowest BCUT2D eigenvalue weighted by Gasteiger charge is -2.32. The van der Waals surface area contributed by atoms with Crippen molar-refractivity contribution in [2.24, 2.45) is 0 Å². The lowest BCUT2D eigenvalue weighted by molar-refractivity contribution is -0.140. The van der Waals surface area contributed by atoms with E-state index in [0.29, 0.717) is 6.54 Å². The lowest BCUT2D eigenvalue weighted by atomic mass is 10.00. The number of alkyl carbamates (subject to hydrolysis) is 1. The summed E-state index contributed by atoms with van der Waals surface area (Å²) < 4.78 is 5.30. The summed E-state index contributed by atoms with van der Waals surface area (Å²) in [6, 6.07) is 7.14. The maximum Gasteiger partial charge on any atom is 0.408 e. The van der Waals surface area contributed by atoms with Crippen LogP contribution in [0.5, 0.6) is 0 Å². The summed E-state index contributed by atoms with van der Waals surface area (Å²) in [6.45, 7) is 13.9. The van der Waals surface area contributed by atoms with Gasteiger partial charge in [0.1, 0.15) is 18.2 Å². The molecule has 0 aliphatic rings. The number of amides is 3. The quantitative estimate of drug-likeness (QED) is 0.252. The highest BCUT2D eigenvalue weighted by atomic mass is 16.6. The largest absolute Gasteiger partial charge is 0.444 e. The van der Waals surface area contributed by atoms with Gasteiger partial charge in [0, 0.05) is 12.6 Å². The summed E-state index contributed by atoms with van der Waals surface area (Å²) in [7, 11) is 0. The standard InChI is InChI=1S/C30H51N3O4/c1-8-11-12-13-14-15-21-33(26(34)22-31-29(36)37-30(5,6)7)27(28(35)32-23(4)16-9-2)25-19-17-24(10-3)18-20-25/h17-20,23,27H,8-16,21-22H2,1-7H3,(H,31,36)(H,32,35). The van der Waals surface area contributed by atoms with Crippen molar-refractivity contribution in [3.63, 3.8) is 0 Å². The van der Waals surface area contributed by atoms with Crippen LogP contribution in [0.3, 0.4) is 0 Å². The number of hydrogen-bond donors (Lipinski definition) is 2. The second kappa shape index (κ2) is 17.0. The van der Waals surface area contributed by atoms with Gasteiger partial charge in [-0.25, -0.2) is 4.79 Å². The van der Waals surface area contributed by atoms with E-state index in [4.69, 9.17) is 4.74 Å². The van der Waals surface area contributed by atoms with Crippen LogP contribution in [0.25, 0.3) is 0 Å². The molecular weight excluding hydrogens is 466 g/mol. The van der Waals surface area contributed by atoms with Crippen molar-refractivity contribution in [2.75, 3.05) is 13.1 Å². The Kier molecular flexibility index (Phi) is 14.9. The van der Waals surface area contributed by atoms with Crippen LogP contribution in [-0.2, 0) is 20.7 Å². The Bertz CT molecular complexity index is 817. The zero-order valence-corrected chi connectivity index (χ0v) is 24.3. The van der Waals surface area contributed by atoms with Crippen LogP contribution in [0, 0.1) is 0 Å². The number of hydrogen-bond acceptors (Lipinski definition) is 4. The lowest BCUT2D eigenvalue weighted by Crippen LogP contribution is -2.49. The van der Waals surface area contributed by atoms with Gasteiger partial charge in [0.25, 0.3) is 0 Å². The fraction of sp³-hybridized carbons (Fsp3) is 0.700. The second-order valence-corrected chi connectivity index (χ2v) is 10.9. The Morgan fingerprint density at radius 3 is 2.11 bits per heavy atom. The minimum Gasteiger partial charge on any atom is -0.444 e. The highest BCUT2D eigenvalue weighted by Crippen LogP contribution is 2.24. The Labute approximate surface area is 225 Å². The third-order valence-corrected chi connectivity index (χ3v) is 6.23. The number of ether oxygens (including phenoxy) is 1. The highest BCUT2D eigenvalue weighted by molar-refractivity contribution is 5.90. The molecule has 0 aliphatic heterocycles. The van der Waals surface area contributed by atoms with Gasteiger partial charge in [-0.3, -0.25) is 9.59 Å². The maximum absolute atomic E-state index is 13.6. The van der Waals surface area contributed by atoms with E-state index in [1.807, 2.05) is 31.2 Å². The van der Waals surface area contributed by atoms with Crippen molar-refractivity contribution in [1.82, 2.24) is 15.5 Å². The smallest absolute Gasteiger partial charge is 0.408 e. The van der Waals surface area contributed by atoms with Gasteiger partial charge in [0.15, 0.2) is 0 Å². The summed E-state index contributed by atoms with van der Waals surface area (Å²) in [4.78, 5) is 41.0. The van der Waals surface area contributed by atoms with Gasteiger partial charge in [-0.1, -0.05) is 83.6 Å². The molecule has 0 radical (unpaired) electrons. The number of benzene rings is 1. The first kappa shape index (κ1) is 32.5. The maximum atomic E-state index is 13.6. The number of unbranched alkanes of at least 4 members (excludes halogenated alkanes) is 5. The first-order chi connectivity index (χ1) is 17.5. The molecule has 0 fully saturated rings. The first-order valence-corrected chi connectivity index (χ1v) is 14.2. The third-order valence-electron chi connectivity index (χ3n) is 6.23. The normalized spacial score (nSPS) is 12.9. The van der Waals surface area contributed by atoms with Gasteiger partial charge in [0.2, 0.25) is 11.8 Å². The number of aryl methyl sites for hydroxylation is 1. The molecule has 0 aliphatic carbocycles. The molecule has 2 unspecified atom stereocenters. The Morgan fingerprint density at radius 2 is 1.54 bits per heavy atom. The van der Waals surface area contributed by atoms with Crippen molar-refractivity contribution in [1.29, 1.82) is 0 Å². The molecule has 2 N–H and O–H groups in total. The number of nitrogens with one attached hydrogen (secondary N) is 2. The molecule has 0 heterocycles. The second-order valence-electron chi connectivity index (χ2n) is 10.9. The number of carbonyl (C=O) groups is 3. The fourth-order valence-corrected chi connectivity index (χ4v) is 4.26. The molecule has 7 nitrogen and oxygen atoms in total. The SMILES string of the molecule is CCCCCCCCN(C(=O)CNC(=O)OC(C)(C)C)C(C(=O)NC(C)CCC)c1ccc(CC)cc1. The van der Waals surface area contributed by atoms with Crippen LogP contribution in [0.15, 0.2) is 24.3 Å². The highest BCUT2D eigenvalue weighted by Gasteiger charge is 2.32. The van der Waals surface area contributed by atoms with Gasteiger partial charge in [0.05, 0.1) is 0 Å². The van der Waals surface area contributed by atoms with E-state index < -0.39 is 17.7 Å². The first-order valence-electron chi connectivity index (χ1n) is 14.2. The fourth-order valence-electron chi connectivity index (χ4n) is 4.26. The molecule has 0 saturated carbocycles.